The van der Waals surface area contributed by atoms with E-state index >= 15 is 0 Å². The van der Waals surface area contributed by atoms with Crippen LogP contribution in [0.25, 0.3) is 0 Å². The molecule has 0 saturated carbocycles. The Balaban J connectivity index is 1.59. The number of carbonyl (C=O) groups excluding carboxylic acids is 1. The summed E-state index contributed by atoms with van der Waals surface area (Å²) >= 11 is 6.06. The van der Waals surface area contributed by atoms with Crippen LogP contribution in [0.3, 0.4) is 0 Å². The summed E-state index contributed by atoms with van der Waals surface area (Å²) in [7, 11) is 2.15. The van der Waals surface area contributed by atoms with Crippen molar-refractivity contribution in [2.75, 3.05) is 43.4 Å². The fraction of sp³-hybridized carbons (Fsp3) is 0.409. The van der Waals surface area contributed by atoms with Crippen molar-refractivity contribution < 1.29 is 9.53 Å². The molecule has 1 N–H and O–H groups in total. The number of hydrogen-bond acceptors (Lipinski definition) is 4. The van der Waals surface area contributed by atoms with Gasteiger partial charge in [-0.1, -0.05) is 18.5 Å². The molecule has 1 heterocycles. The van der Waals surface area contributed by atoms with Crippen molar-refractivity contribution in [2.24, 2.45) is 0 Å². The van der Waals surface area contributed by atoms with Crippen LogP contribution in [0.2, 0.25) is 5.02 Å². The van der Waals surface area contributed by atoms with Gasteiger partial charge in [0.1, 0.15) is 5.75 Å². The van der Waals surface area contributed by atoms with E-state index in [1.807, 2.05) is 32.0 Å². The van der Waals surface area contributed by atoms with Gasteiger partial charge < -0.3 is 19.9 Å². The largest absolute Gasteiger partial charge is 0.481 e. The Labute approximate surface area is 172 Å². The van der Waals surface area contributed by atoms with Gasteiger partial charge in [0.25, 0.3) is 5.91 Å². The number of carbonyl (C=O) groups is 1. The number of nitrogens with zero attached hydrogens (tertiary/aromatic N) is 2. The van der Waals surface area contributed by atoms with Crippen LogP contribution in [0.4, 0.5) is 11.4 Å². The molecule has 0 unspecified atom stereocenters. The van der Waals surface area contributed by atoms with Gasteiger partial charge in [-0.3, -0.25) is 4.79 Å². The van der Waals surface area contributed by atoms with E-state index in [1.165, 1.54) is 5.69 Å². The van der Waals surface area contributed by atoms with Crippen LogP contribution in [-0.2, 0) is 4.79 Å². The van der Waals surface area contributed by atoms with Crippen molar-refractivity contribution in [1.29, 1.82) is 0 Å². The van der Waals surface area contributed by atoms with Gasteiger partial charge in [0.15, 0.2) is 6.10 Å². The second-order valence-electron chi connectivity index (χ2n) is 7.25. The zero-order chi connectivity index (χ0) is 20.1. The molecule has 0 spiro atoms. The normalized spacial score (nSPS) is 15.9. The highest BCUT2D eigenvalue weighted by Gasteiger charge is 2.19. The Hall–Kier alpha value is -2.24. The predicted molar refractivity (Wildman–Crippen MR) is 116 cm³/mol. The van der Waals surface area contributed by atoms with Crippen molar-refractivity contribution in [2.45, 2.75) is 26.4 Å². The number of anilines is 2. The molecule has 5 nitrogen and oxygen atoms in total. The van der Waals surface area contributed by atoms with Gasteiger partial charge in [0, 0.05) is 42.6 Å². The number of amides is 1. The molecule has 0 radical (unpaired) electrons. The SMILES string of the molecule is CC[C@H](Oc1ccc(Cl)c(C)c1)C(=O)Nc1ccc(N2CCN(C)CC2)cc1. The Morgan fingerprint density at radius 2 is 1.82 bits per heavy atom. The quantitative estimate of drug-likeness (QED) is 0.788. The molecule has 1 atom stereocenters. The fourth-order valence-electron chi connectivity index (χ4n) is 3.22. The number of rotatable bonds is 6. The molecule has 1 aliphatic rings. The van der Waals surface area contributed by atoms with Crippen molar-refractivity contribution in [3.63, 3.8) is 0 Å². The second-order valence-corrected chi connectivity index (χ2v) is 7.66. The summed E-state index contributed by atoms with van der Waals surface area (Å²) in [6.45, 7) is 8.03. The number of likely N-dealkylation sites (N-methyl/N-ethyl adjacent to an activating group) is 1. The molecule has 1 fully saturated rings. The molecule has 2 aromatic carbocycles. The number of halogens is 1. The summed E-state index contributed by atoms with van der Waals surface area (Å²) in [4.78, 5) is 17.3. The molecule has 6 heteroatoms. The third kappa shape index (κ3) is 5.18. The lowest BCUT2D eigenvalue weighted by atomic mass is 10.2. The van der Waals surface area contributed by atoms with Gasteiger partial charge in [0.05, 0.1) is 0 Å². The number of aryl methyl sites for hydroxylation is 1. The average molecular weight is 402 g/mol. The third-order valence-corrected chi connectivity index (χ3v) is 5.50. The Morgan fingerprint density at radius 3 is 2.43 bits per heavy atom. The minimum absolute atomic E-state index is 0.151. The molecule has 0 aromatic heterocycles. The summed E-state index contributed by atoms with van der Waals surface area (Å²) in [5, 5.41) is 3.65. The zero-order valence-electron chi connectivity index (χ0n) is 16.7. The number of hydrogen-bond donors (Lipinski definition) is 1. The van der Waals surface area contributed by atoms with Gasteiger partial charge in [0.2, 0.25) is 0 Å². The molecule has 28 heavy (non-hydrogen) atoms. The second kappa shape index (κ2) is 9.30. The molecule has 0 bridgehead atoms. The third-order valence-electron chi connectivity index (χ3n) is 5.07. The topological polar surface area (TPSA) is 44.8 Å². The van der Waals surface area contributed by atoms with E-state index in [4.69, 9.17) is 16.3 Å². The molecular formula is C22H28ClN3O2. The van der Waals surface area contributed by atoms with E-state index in [1.54, 1.807) is 12.1 Å². The summed E-state index contributed by atoms with van der Waals surface area (Å²) in [6.07, 6.45) is 0.0188. The van der Waals surface area contributed by atoms with Crippen molar-refractivity contribution in [3.05, 3.63) is 53.1 Å². The maximum absolute atomic E-state index is 12.6. The summed E-state index contributed by atoms with van der Waals surface area (Å²) < 4.78 is 5.88. The standard InChI is InChI=1S/C22H28ClN3O2/c1-4-21(28-19-9-10-20(23)16(2)15-19)22(27)24-17-5-7-18(8-6-17)26-13-11-25(3)12-14-26/h5-10,15,21H,4,11-14H2,1-3H3,(H,24,27)/t21-/m0/s1. The van der Waals surface area contributed by atoms with Gasteiger partial charge in [-0.25, -0.2) is 0 Å². The van der Waals surface area contributed by atoms with Crippen LogP contribution in [0.1, 0.15) is 18.9 Å². The number of ether oxygens (including phenoxy) is 1. The number of piperazine rings is 1. The van der Waals surface area contributed by atoms with Gasteiger partial charge >= 0.3 is 0 Å². The summed E-state index contributed by atoms with van der Waals surface area (Å²) in [5.41, 5.74) is 2.89. The van der Waals surface area contributed by atoms with Crippen molar-refractivity contribution in [3.8, 4) is 5.75 Å². The number of benzene rings is 2. The fourth-order valence-corrected chi connectivity index (χ4v) is 3.34. The van der Waals surface area contributed by atoms with Crippen LogP contribution < -0.4 is 15.0 Å². The predicted octanol–water partition coefficient (Wildman–Crippen LogP) is 4.20. The first-order valence-corrected chi connectivity index (χ1v) is 10.1. The first kappa shape index (κ1) is 20.5. The lowest BCUT2D eigenvalue weighted by molar-refractivity contribution is -0.122. The highest BCUT2D eigenvalue weighted by molar-refractivity contribution is 6.31. The highest BCUT2D eigenvalue weighted by Crippen LogP contribution is 2.23. The van der Waals surface area contributed by atoms with E-state index in [9.17, 15) is 4.79 Å². The summed E-state index contributed by atoms with van der Waals surface area (Å²) in [5.74, 6) is 0.497. The first-order valence-electron chi connectivity index (χ1n) is 9.73. The molecule has 150 valence electrons. The van der Waals surface area contributed by atoms with E-state index in [0.717, 1.165) is 37.4 Å². The van der Waals surface area contributed by atoms with E-state index in [0.29, 0.717) is 17.2 Å². The molecular weight excluding hydrogens is 374 g/mol. The summed E-state index contributed by atoms with van der Waals surface area (Å²) in [6, 6.07) is 13.4. The van der Waals surface area contributed by atoms with E-state index in [2.05, 4.69) is 34.3 Å². The lowest BCUT2D eigenvalue weighted by Crippen LogP contribution is -2.44. The molecule has 1 amide bonds. The van der Waals surface area contributed by atoms with Gasteiger partial charge in [-0.15, -0.1) is 0 Å². The van der Waals surface area contributed by atoms with Crippen molar-refractivity contribution >= 4 is 28.9 Å². The van der Waals surface area contributed by atoms with Gasteiger partial charge in [-0.2, -0.15) is 0 Å². The molecule has 2 aromatic rings. The molecule has 1 saturated heterocycles. The Bertz CT molecular complexity index is 802. The highest BCUT2D eigenvalue weighted by atomic mass is 35.5. The maximum atomic E-state index is 12.6. The van der Waals surface area contributed by atoms with Crippen LogP contribution in [0.5, 0.6) is 5.75 Å². The zero-order valence-corrected chi connectivity index (χ0v) is 17.5. The lowest BCUT2D eigenvalue weighted by Gasteiger charge is -2.34. The molecule has 1 aliphatic heterocycles. The monoisotopic (exact) mass is 401 g/mol. The molecule has 3 rings (SSSR count). The Morgan fingerprint density at radius 1 is 1.14 bits per heavy atom. The smallest absolute Gasteiger partial charge is 0.265 e. The van der Waals surface area contributed by atoms with Crippen LogP contribution in [0, 0.1) is 6.92 Å². The van der Waals surface area contributed by atoms with Gasteiger partial charge in [-0.05, 0) is 68.4 Å². The minimum Gasteiger partial charge on any atom is -0.481 e. The van der Waals surface area contributed by atoms with E-state index < -0.39 is 6.10 Å². The van der Waals surface area contributed by atoms with Crippen molar-refractivity contribution in [1.82, 2.24) is 4.90 Å². The molecule has 0 aliphatic carbocycles. The Kier molecular flexibility index (Phi) is 6.81. The van der Waals surface area contributed by atoms with Crippen LogP contribution in [-0.4, -0.2) is 50.1 Å². The van der Waals surface area contributed by atoms with Crippen LogP contribution in [0.15, 0.2) is 42.5 Å². The van der Waals surface area contributed by atoms with Crippen LogP contribution >= 0.6 is 11.6 Å². The maximum Gasteiger partial charge on any atom is 0.265 e. The number of nitrogens with one attached hydrogen (secondary N) is 1. The average Bonchev–Trinajstić information content (AvgIpc) is 2.70. The first-order chi connectivity index (χ1) is 13.5. The minimum atomic E-state index is -0.558. The van der Waals surface area contributed by atoms with E-state index in [-0.39, 0.29) is 5.91 Å².